The number of hydrogen-bond acceptors (Lipinski definition) is 4. The van der Waals surface area contributed by atoms with Crippen molar-refractivity contribution < 1.29 is 9.84 Å². The van der Waals surface area contributed by atoms with E-state index in [4.69, 9.17) is 9.84 Å². The number of unbranched alkanes of at least 4 members (excludes halogenated alkanes) is 1. The van der Waals surface area contributed by atoms with Crippen LogP contribution in [0.15, 0.2) is 60.7 Å². The van der Waals surface area contributed by atoms with E-state index in [0.717, 1.165) is 47.7 Å². The van der Waals surface area contributed by atoms with Crippen molar-refractivity contribution in [3.8, 4) is 22.9 Å². The fourth-order valence-electron chi connectivity index (χ4n) is 3.71. The molecule has 0 spiro atoms. The first-order valence-corrected chi connectivity index (χ1v) is 11.3. The maximum absolute atomic E-state index is 10.6. The van der Waals surface area contributed by atoms with Crippen molar-refractivity contribution in [3.63, 3.8) is 0 Å². The van der Waals surface area contributed by atoms with Crippen molar-refractivity contribution in [2.24, 2.45) is 7.05 Å². The molecule has 166 valence electrons. The molecule has 1 atom stereocenters. The Bertz CT molecular complexity index is 923. The molecule has 0 aliphatic rings. The molecule has 5 heteroatoms. The number of para-hydroxylation sites is 1. The Hall–Kier alpha value is -2.63. The molecule has 0 fully saturated rings. The highest BCUT2D eigenvalue weighted by molar-refractivity contribution is 5.65. The monoisotopic (exact) mass is 421 g/mol. The van der Waals surface area contributed by atoms with Gasteiger partial charge in [0.1, 0.15) is 11.4 Å². The number of rotatable bonds is 11. The van der Waals surface area contributed by atoms with Crippen LogP contribution >= 0.6 is 0 Å². The second-order valence-corrected chi connectivity index (χ2v) is 8.36. The maximum Gasteiger partial charge on any atom is 0.222 e. The average Bonchev–Trinajstić information content (AvgIpc) is 3.08. The SMILES string of the molecule is CCCC[C@H](O)CN(Cc1c(-c2ccccc2)nn(C)c1Oc1ccccc1)C(C)C. The van der Waals surface area contributed by atoms with Crippen molar-refractivity contribution in [1.29, 1.82) is 0 Å². The molecule has 0 amide bonds. The highest BCUT2D eigenvalue weighted by Gasteiger charge is 2.24. The summed E-state index contributed by atoms with van der Waals surface area (Å²) in [6.45, 7) is 7.78. The number of aliphatic hydroxyl groups excluding tert-OH is 1. The van der Waals surface area contributed by atoms with Crippen LogP contribution in [0, 0.1) is 0 Å². The minimum absolute atomic E-state index is 0.282. The van der Waals surface area contributed by atoms with Crippen LogP contribution in [0.5, 0.6) is 11.6 Å². The molecule has 31 heavy (non-hydrogen) atoms. The summed E-state index contributed by atoms with van der Waals surface area (Å²) in [5, 5.41) is 15.4. The van der Waals surface area contributed by atoms with E-state index in [2.05, 4.69) is 37.8 Å². The number of ether oxygens (including phenoxy) is 1. The maximum atomic E-state index is 10.6. The number of aliphatic hydroxyl groups is 1. The predicted octanol–water partition coefficient (Wildman–Crippen LogP) is 5.64. The quantitative estimate of drug-likeness (QED) is 0.435. The van der Waals surface area contributed by atoms with Gasteiger partial charge in [0.15, 0.2) is 0 Å². The van der Waals surface area contributed by atoms with Gasteiger partial charge in [0.05, 0.1) is 11.7 Å². The molecule has 0 saturated carbocycles. The zero-order valence-corrected chi connectivity index (χ0v) is 19.2. The van der Waals surface area contributed by atoms with Gasteiger partial charge in [-0.25, -0.2) is 4.68 Å². The van der Waals surface area contributed by atoms with Crippen LogP contribution in [-0.4, -0.2) is 38.5 Å². The van der Waals surface area contributed by atoms with Crippen molar-refractivity contribution in [3.05, 3.63) is 66.2 Å². The van der Waals surface area contributed by atoms with Gasteiger partial charge in [-0.05, 0) is 32.4 Å². The predicted molar refractivity (Wildman–Crippen MR) is 126 cm³/mol. The molecule has 0 bridgehead atoms. The number of hydrogen-bond donors (Lipinski definition) is 1. The number of benzene rings is 2. The van der Waals surface area contributed by atoms with Crippen LogP contribution in [0.2, 0.25) is 0 Å². The first-order chi connectivity index (χ1) is 15.0. The highest BCUT2D eigenvalue weighted by atomic mass is 16.5. The number of nitrogens with zero attached hydrogens (tertiary/aromatic N) is 3. The summed E-state index contributed by atoms with van der Waals surface area (Å²) >= 11 is 0. The fourth-order valence-corrected chi connectivity index (χ4v) is 3.71. The zero-order valence-electron chi connectivity index (χ0n) is 19.2. The molecule has 0 saturated heterocycles. The molecule has 1 N–H and O–H groups in total. The van der Waals surface area contributed by atoms with Crippen LogP contribution in [0.25, 0.3) is 11.3 Å². The van der Waals surface area contributed by atoms with Gasteiger partial charge in [-0.1, -0.05) is 68.3 Å². The van der Waals surface area contributed by atoms with E-state index in [1.165, 1.54) is 0 Å². The molecule has 1 aromatic heterocycles. The van der Waals surface area contributed by atoms with Gasteiger partial charge < -0.3 is 9.84 Å². The molecule has 2 aromatic carbocycles. The Morgan fingerprint density at radius 1 is 1.03 bits per heavy atom. The van der Waals surface area contributed by atoms with Crippen LogP contribution in [0.3, 0.4) is 0 Å². The molecule has 3 aromatic rings. The van der Waals surface area contributed by atoms with E-state index in [-0.39, 0.29) is 12.1 Å². The van der Waals surface area contributed by atoms with Gasteiger partial charge >= 0.3 is 0 Å². The summed E-state index contributed by atoms with van der Waals surface area (Å²) in [6.07, 6.45) is 2.62. The minimum atomic E-state index is -0.335. The first-order valence-electron chi connectivity index (χ1n) is 11.3. The van der Waals surface area contributed by atoms with Crippen molar-refractivity contribution in [2.75, 3.05) is 6.54 Å². The molecule has 0 aliphatic carbocycles. The third-order valence-electron chi connectivity index (χ3n) is 5.52. The van der Waals surface area contributed by atoms with Gasteiger partial charge in [0.2, 0.25) is 5.88 Å². The van der Waals surface area contributed by atoms with Gasteiger partial charge in [0.25, 0.3) is 0 Å². The van der Waals surface area contributed by atoms with Crippen molar-refractivity contribution in [1.82, 2.24) is 14.7 Å². The van der Waals surface area contributed by atoms with Gasteiger partial charge in [-0.2, -0.15) is 5.10 Å². The molecule has 0 aliphatic heterocycles. The fraction of sp³-hybridized carbons (Fsp3) is 0.423. The third-order valence-corrected chi connectivity index (χ3v) is 5.52. The Labute approximate surface area is 186 Å². The molecule has 1 heterocycles. The second-order valence-electron chi connectivity index (χ2n) is 8.36. The minimum Gasteiger partial charge on any atom is -0.439 e. The molecular weight excluding hydrogens is 386 g/mol. The first kappa shape index (κ1) is 23.0. The summed E-state index contributed by atoms with van der Waals surface area (Å²) in [4.78, 5) is 2.31. The van der Waals surface area contributed by atoms with E-state index in [1.54, 1.807) is 0 Å². The Balaban J connectivity index is 1.96. The topological polar surface area (TPSA) is 50.5 Å². The summed E-state index contributed by atoms with van der Waals surface area (Å²) in [5.41, 5.74) is 3.02. The lowest BCUT2D eigenvalue weighted by molar-refractivity contribution is 0.0829. The van der Waals surface area contributed by atoms with E-state index in [1.807, 2.05) is 60.3 Å². The summed E-state index contributed by atoms with van der Waals surface area (Å²) in [6, 6.07) is 20.3. The van der Waals surface area contributed by atoms with Crippen molar-refractivity contribution in [2.45, 2.75) is 58.7 Å². The van der Waals surface area contributed by atoms with Gasteiger partial charge in [-0.15, -0.1) is 0 Å². The second kappa shape index (κ2) is 11.1. The Morgan fingerprint density at radius 2 is 1.68 bits per heavy atom. The number of aryl methyl sites for hydroxylation is 1. The lowest BCUT2D eigenvalue weighted by atomic mass is 10.1. The Kier molecular flexibility index (Phi) is 8.27. The van der Waals surface area contributed by atoms with E-state index < -0.39 is 0 Å². The van der Waals surface area contributed by atoms with E-state index in [0.29, 0.717) is 13.1 Å². The zero-order chi connectivity index (χ0) is 22.2. The Morgan fingerprint density at radius 3 is 2.29 bits per heavy atom. The van der Waals surface area contributed by atoms with E-state index >= 15 is 0 Å². The van der Waals surface area contributed by atoms with Crippen LogP contribution in [-0.2, 0) is 13.6 Å². The summed E-state index contributed by atoms with van der Waals surface area (Å²) in [7, 11) is 1.92. The molecule has 0 radical (unpaired) electrons. The standard InChI is InChI=1S/C26H35N3O2/c1-5-6-15-22(30)18-29(20(2)3)19-24-25(21-13-9-7-10-14-21)27-28(4)26(24)31-23-16-11-8-12-17-23/h7-14,16-17,20,22,30H,5-6,15,18-19H2,1-4H3/t22-/m0/s1. The number of aromatic nitrogens is 2. The molecular formula is C26H35N3O2. The van der Waals surface area contributed by atoms with Crippen LogP contribution < -0.4 is 4.74 Å². The normalized spacial score (nSPS) is 12.5. The van der Waals surface area contributed by atoms with E-state index in [9.17, 15) is 5.11 Å². The largest absolute Gasteiger partial charge is 0.439 e. The lowest BCUT2D eigenvalue weighted by Crippen LogP contribution is -2.37. The molecule has 3 rings (SSSR count). The van der Waals surface area contributed by atoms with Crippen molar-refractivity contribution >= 4 is 0 Å². The van der Waals surface area contributed by atoms with Gasteiger partial charge in [0, 0.05) is 31.7 Å². The average molecular weight is 422 g/mol. The van der Waals surface area contributed by atoms with Crippen LogP contribution in [0.4, 0.5) is 0 Å². The molecule has 5 nitrogen and oxygen atoms in total. The summed E-state index contributed by atoms with van der Waals surface area (Å²) < 4.78 is 8.12. The smallest absolute Gasteiger partial charge is 0.222 e. The molecule has 0 unspecified atom stereocenters. The highest BCUT2D eigenvalue weighted by Crippen LogP contribution is 2.34. The third kappa shape index (κ3) is 6.18. The van der Waals surface area contributed by atoms with Gasteiger partial charge in [-0.3, -0.25) is 4.90 Å². The van der Waals surface area contributed by atoms with Crippen LogP contribution in [0.1, 0.15) is 45.6 Å². The lowest BCUT2D eigenvalue weighted by Gasteiger charge is -2.29. The summed E-state index contributed by atoms with van der Waals surface area (Å²) in [5.74, 6) is 1.52.